The molecule has 21 heavy (non-hydrogen) atoms. The quantitative estimate of drug-likeness (QED) is 0.563. The number of nitrogens with two attached hydrogens (primary N) is 1. The number of hydrogen-bond acceptors (Lipinski definition) is 5. The van der Waals surface area contributed by atoms with Gasteiger partial charge in [0.2, 0.25) is 5.88 Å². The van der Waals surface area contributed by atoms with Crippen LogP contribution >= 0.6 is 23.2 Å². The Balaban J connectivity index is 1.98. The van der Waals surface area contributed by atoms with Crippen LogP contribution in [-0.4, -0.2) is 9.97 Å². The van der Waals surface area contributed by atoms with Crippen molar-refractivity contribution < 1.29 is 4.74 Å². The topological polar surface area (TPSA) is 73.1 Å². The van der Waals surface area contributed by atoms with E-state index in [2.05, 4.69) is 15.4 Å². The molecule has 3 aromatic rings. The van der Waals surface area contributed by atoms with Crippen LogP contribution in [0.3, 0.4) is 0 Å². The Morgan fingerprint density at radius 1 is 1.10 bits per heavy atom. The zero-order valence-electron chi connectivity index (χ0n) is 10.7. The second kappa shape index (κ2) is 5.73. The number of anilines is 1. The van der Waals surface area contributed by atoms with Crippen molar-refractivity contribution in [3.05, 3.63) is 52.6 Å². The van der Waals surface area contributed by atoms with E-state index in [1.54, 1.807) is 12.3 Å². The van der Waals surface area contributed by atoms with Crippen molar-refractivity contribution in [2.24, 2.45) is 5.84 Å². The van der Waals surface area contributed by atoms with Crippen LogP contribution in [0.2, 0.25) is 10.0 Å². The van der Waals surface area contributed by atoms with Gasteiger partial charge in [0.25, 0.3) is 0 Å². The Hall–Kier alpha value is -2.08. The van der Waals surface area contributed by atoms with Crippen LogP contribution in [0.4, 0.5) is 5.82 Å². The van der Waals surface area contributed by atoms with E-state index in [1.807, 2.05) is 24.3 Å². The summed E-state index contributed by atoms with van der Waals surface area (Å²) >= 11 is 12.0. The lowest BCUT2D eigenvalue weighted by Crippen LogP contribution is -2.09. The van der Waals surface area contributed by atoms with Crippen molar-refractivity contribution in [2.75, 3.05) is 5.43 Å². The van der Waals surface area contributed by atoms with Crippen molar-refractivity contribution in [3.8, 4) is 11.6 Å². The molecule has 0 radical (unpaired) electrons. The summed E-state index contributed by atoms with van der Waals surface area (Å²) in [5.74, 6) is 6.40. The molecule has 2 heterocycles. The molecule has 0 fully saturated rings. The molecule has 7 heteroatoms. The van der Waals surface area contributed by atoms with E-state index in [1.165, 1.54) is 6.07 Å². The van der Waals surface area contributed by atoms with Crippen LogP contribution in [0.15, 0.2) is 42.6 Å². The molecule has 0 unspecified atom stereocenters. The van der Waals surface area contributed by atoms with Crippen LogP contribution in [-0.2, 0) is 0 Å². The Morgan fingerprint density at radius 3 is 2.76 bits per heavy atom. The van der Waals surface area contributed by atoms with Crippen LogP contribution in [0.25, 0.3) is 10.9 Å². The molecule has 0 atom stereocenters. The van der Waals surface area contributed by atoms with Crippen LogP contribution in [0, 0.1) is 0 Å². The first-order valence-corrected chi connectivity index (χ1v) is 6.78. The number of aromatic nitrogens is 2. The number of hydrazine groups is 1. The van der Waals surface area contributed by atoms with E-state index < -0.39 is 0 Å². The minimum Gasteiger partial charge on any atom is -0.437 e. The zero-order valence-corrected chi connectivity index (χ0v) is 12.2. The van der Waals surface area contributed by atoms with Crippen molar-refractivity contribution in [1.29, 1.82) is 0 Å². The third kappa shape index (κ3) is 2.85. The third-order valence-corrected chi connectivity index (χ3v) is 3.38. The highest BCUT2D eigenvalue weighted by Crippen LogP contribution is 2.33. The molecule has 0 bridgehead atoms. The number of fused-ring (bicyclic) bond motifs is 1. The number of benzene rings is 1. The molecule has 0 aliphatic carbocycles. The number of halogens is 2. The van der Waals surface area contributed by atoms with Crippen LogP contribution < -0.4 is 16.0 Å². The lowest BCUT2D eigenvalue weighted by atomic mass is 10.2. The van der Waals surface area contributed by atoms with Gasteiger partial charge in [0.05, 0.1) is 10.5 Å². The Bertz CT molecular complexity index is 810. The predicted octanol–water partition coefficient (Wildman–Crippen LogP) is 4.01. The highest BCUT2D eigenvalue weighted by atomic mass is 35.5. The molecular formula is C14H10Cl2N4O. The van der Waals surface area contributed by atoms with Crippen molar-refractivity contribution in [2.45, 2.75) is 0 Å². The number of rotatable bonds is 3. The van der Waals surface area contributed by atoms with Gasteiger partial charge < -0.3 is 10.2 Å². The average Bonchev–Trinajstić information content (AvgIpc) is 2.50. The monoisotopic (exact) mass is 320 g/mol. The second-order valence-electron chi connectivity index (χ2n) is 4.21. The maximum atomic E-state index is 6.07. The molecule has 0 spiro atoms. The summed E-state index contributed by atoms with van der Waals surface area (Å²) in [6.45, 7) is 0. The fourth-order valence-corrected chi connectivity index (χ4v) is 2.30. The summed E-state index contributed by atoms with van der Waals surface area (Å²) < 4.78 is 5.68. The summed E-state index contributed by atoms with van der Waals surface area (Å²) in [6, 6.07) is 10.9. The minimum absolute atomic E-state index is 0.212. The number of nitrogens with zero attached hydrogens (tertiary/aromatic N) is 2. The van der Waals surface area contributed by atoms with E-state index in [-0.39, 0.29) is 11.7 Å². The van der Waals surface area contributed by atoms with E-state index in [4.69, 9.17) is 33.8 Å². The van der Waals surface area contributed by atoms with Gasteiger partial charge in [-0.05, 0) is 24.3 Å². The van der Waals surface area contributed by atoms with Crippen molar-refractivity contribution in [3.63, 3.8) is 0 Å². The van der Waals surface area contributed by atoms with Gasteiger partial charge in [-0.1, -0.05) is 29.3 Å². The fourth-order valence-electron chi connectivity index (χ4n) is 1.84. The first kappa shape index (κ1) is 13.9. The van der Waals surface area contributed by atoms with Gasteiger partial charge in [-0.2, -0.15) is 4.98 Å². The minimum atomic E-state index is 0.212. The normalized spacial score (nSPS) is 10.6. The van der Waals surface area contributed by atoms with Crippen molar-refractivity contribution >= 4 is 39.9 Å². The zero-order chi connectivity index (χ0) is 14.8. The summed E-state index contributed by atoms with van der Waals surface area (Å²) in [5.41, 5.74) is 3.20. The number of pyridine rings is 2. The molecule has 0 amide bonds. The average molecular weight is 321 g/mol. The van der Waals surface area contributed by atoms with Gasteiger partial charge in [-0.15, -0.1) is 0 Å². The molecule has 0 aliphatic heterocycles. The lowest BCUT2D eigenvalue weighted by Gasteiger charge is -2.10. The van der Waals surface area contributed by atoms with Gasteiger partial charge in [-0.25, -0.2) is 5.84 Å². The van der Waals surface area contributed by atoms with Gasteiger partial charge >= 0.3 is 0 Å². The van der Waals surface area contributed by atoms with E-state index in [0.717, 1.165) is 10.9 Å². The molecule has 3 N–H and O–H groups in total. The van der Waals surface area contributed by atoms with Gasteiger partial charge in [0, 0.05) is 17.6 Å². The summed E-state index contributed by atoms with van der Waals surface area (Å²) in [5, 5.41) is 1.62. The molecule has 3 rings (SSSR count). The van der Waals surface area contributed by atoms with E-state index in [9.17, 15) is 0 Å². The standard InChI is InChI=1S/C14H10Cl2N4O/c15-10-7-11(16)14(19-13(10)20-17)21-9-4-3-8-2-1-5-18-12(8)6-9/h1-7H,17H2,(H,19,20). The molecule has 5 nitrogen and oxygen atoms in total. The first-order chi connectivity index (χ1) is 10.2. The molecule has 2 aromatic heterocycles. The predicted molar refractivity (Wildman–Crippen MR) is 83.9 cm³/mol. The highest BCUT2D eigenvalue weighted by Gasteiger charge is 2.11. The Kier molecular flexibility index (Phi) is 3.79. The smallest absolute Gasteiger partial charge is 0.240 e. The molecule has 1 aromatic carbocycles. The fraction of sp³-hybridized carbons (Fsp3) is 0. The number of hydrogen-bond donors (Lipinski definition) is 2. The van der Waals surface area contributed by atoms with Gasteiger partial charge in [0.1, 0.15) is 10.8 Å². The number of ether oxygens (including phenoxy) is 1. The summed E-state index contributed by atoms with van der Waals surface area (Å²) in [6.07, 6.45) is 1.72. The van der Waals surface area contributed by atoms with E-state index >= 15 is 0 Å². The Morgan fingerprint density at radius 2 is 1.95 bits per heavy atom. The number of nitrogen functional groups attached to an aromatic ring is 1. The second-order valence-corrected chi connectivity index (χ2v) is 5.02. The van der Waals surface area contributed by atoms with Crippen molar-refractivity contribution in [1.82, 2.24) is 9.97 Å². The maximum Gasteiger partial charge on any atom is 0.240 e. The number of nitrogens with one attached hydrogen (secondary N) is 1. The third-order valence-electron chi connectivity index (χ3n) is 2.83. The van der Waals surface area contributed by atoms with Crippen LogP contribution in [0.1, 0.15) is 0 Å². The lowest BCUT2D eigenvalue weighted by molar-refractivity contribution is 0.464. The molecule has 0 saturated heterocycles. The highest BCUT2D eigenvalue weighted by molar-refractivity contribution is 6.36. The van der Waals surface area contributed by atoms with Gasteiger partial charge in [0.15, 0.2) is 5.82 Å². The molecular weight excluding hydrogens is 311 g/mol. The summed E-state index contributed by atoms with van der Waals surface area (Å²) in [7, 11) is 0. The Labute approximate surface area is 130 Å². The maximum absolute atomic E-state index is 6.07. The molecule has 0 aliphatic rings. The largest absolute Gasteiger partial charge is 0.437 e. The molecule has 106 valence electrons. The first-order valence-electron chi connectivity index (χ1n) is 6.02. The SMILES string of the molecule is NNc1nc(Oc2ccc3cccnc3c2)c(Cl)cc1Cl. The summed E-state index contributed by atoms with van der Waals surface area (Å²) in [4.78, 5) is 8.39. The van der Waals surface area contributed by atoms with Gasteiger partial charge in [-0.3, -0.25) is 4.98 Å². The van der Waals surface area contributed by atoms with E-state index in [0.29, 0.717) is 15.8 Å². The van der Waals surface area contributed by atoms with Crippen LogP contribution in [0.5, 0.6) is 11.6 Å². The molecule has 0 saturated carbocycles.